The molecule has 0 unspecified atom stereocenters. The highest BCUT2D eigenvalue weighted by atomic mass is 28.3. The molecule has 0 aromatic heterocycles. The maximum atomic E-state index is 14.1. The Kier molecular flexibility index (Phi) is 8.06. The average Bonchev–Trinajstić information content (AvgIpc) is 2.70. The van der Waals surface area contributed by atoms with Crippen LogP contribution in [0.4, 0.5) is 17.6 Å². The van der Waals surface area contributed by atoms with Crippen LogP contribution in [-0.2, 0) is 4.74 Å². The average molecular weight is 463 g/mol. The molecule has 1 aromatic rings. The van der Waals surface area contributed by atoms with E-state index in [0.717, 1.165) is 36.6 Å². The van der Waals surface area contributed by atoms with Crippen molar-refractivity contribution < 1.29 is 27.0 Å². The van der Waals surface area contributed by atoms with E-state index in [2.05, 4.69) is 11.3 Å². The largest absolute Gasteiger partial charge is 0.573 e. The predicted octanol–water partition coefficient (Wildman–Crippen LogP) is 7.11. The number of benzene rings is 1. The van der Waals surface area contributed by atoms with Crippen LogP contribution >= 0.6 is 0 Å². The Hall–Kier alpha value is -0.866. The van der Waals surface area contributed by atoms with Gasteiger partial charge in [0.1, 0.15) is 0 Å². The van der Waals surface area contributed by atoms with E-state index in [4.69, 9.17) is 4.74 Å². The number of ether oxygens (including phenoxy) is 2. The van der Waals surface area contributed by atoms with Crippen LogP contribution in [0.5, 0.6) is 5.75 Å². The van der Waals surface area contributed by atoms with Crippen LogP contribution in [0.2, 0.25) is 42.3 Å². The van der Waals surface area contributed by atoms with Gasteiger partial charge in [0, 0.05) is 22.5 Å². The van der Waals surface area contributed by atoms with Crippen molar-refractivity contribution in [3.63, 3.8) is 0 Å². The molecule has 0 bridgehead atoms. The zero-order chi connectivity index (χ0) is 21.8. The fourth-order valence-corrected chi connectivity index (χ4v) is 14.3. The molecule has 2 fully saturated rings. The summed E-state index contributed by atoms with van der Waals surface area (Å²) in [6.45, 7) is 3.45. The fraction of sp³-hybridized carbons (Fsp3) is 0.727. The van der Waals surface area contributed by atoms with Crippen molar-refractivity contribution in [2.75, 3.05) is 13.7 Å². The van der Waals surface area contributed by atoms with Crippen molar-refractivity contribution in [2.45, 2.75) is 86.7 Å². The van der Waals surface area contributed by atoms with Gasteiger partial charge in [0.15, 0.2) is 11.6 Å². The van der Waals surface area contributed by atoms with Crippen LogP contribution < -0.4 is 4.74 Å². The number of hydrogen-bond acceptors (Lipinski definition) is 2. The zero-order valence-electron chi connectivity index (χ0n) is 18.1. The summed E-state index contributed by atoms with van der Waals surface area (Å²) in [6, 6.07) is 10.8. The van der Waals surface area contributed by atoms with Crippen molar-refractivity contribution in [3.8, 4) is 5.75 Å². The molecule has 0 N–H and O–H groups in total. The molecule has 0 spiro atoms. The van der Waals surface area contributed by atoms with Gasteiger partial charge in [-0.15, -0.1) is 13.2 Å². The molecule has 0 aliphatic carbocycles. The Labute approximate surface area is 180 Å². The van der Waals surface area contributed by atoms with Crippen molar-refractivity contribution in [2.24, 2.45) is 0 Å². The Morgan fingerprint density at radius 1 is 1.10 bits per heavy atom. The molecule has 0 atom stereocenters. The summed E-state index contributed by atoms with van der Waals surface area (Å²) in [4.78, 5) is 0. The third kappa shape index (κ3) is 6.56. The zero-order valence-corrected chi connectivity index (χ0v) is 20.2. The summed E-state index contributed by atoms with van der Waals surface area (Å²) in [6.07, 6.45) is 1.26. The summed E-state index contributed by atoms with van der Waals surface area (Å²) < 4.78 is 60.0. The van der Waals surface area contributed by atoms with Gasteiger partial charge in [-0.2, -0.15) is 0 Å². The van der Waals surface area contributed by atoms with E-state index < -0.39 is 34.8 Å². The van der Waals surface area contributed by atoms with Gasteiger partial charge < -0.3 is 9.47 Å². The Morgan fingerprint density at radius 2 is 1.77 bits per heavy atom. The molecule has 0 radical (unpaired) electrons. The summed E-state index contributed by atoms with van der Waals surface area (Å²) in [5.41, 5.74) is 1.77. The fourth-order valence-electron chi connectivity index (χ4n) is 5.60. The quantitative estimate of drug-likeness (QED) is 0.244. The first kappa shape index (κ1) is 23.8. The number of alkyl halides is 3. The summed E-state index contributed by atoms with van der Waals surface area (Å²) >= 11 is 0. The third-order valence-electron chi connectivity index (χ3n) is 7.46. The third-order valence-corrected chi connectivity index (χ3v) is 16.2. The minimum absolute atomic E-state index is 0.264. The molecule has 2 saturated heterocycles. The molecule has 2 nitrogen and oxygen atoms in total. The van der Waals surface area contributed by atoms with Crippen molar-refractivity contribution in [1.29, 1.82) is 0 Å². The van der Waals surface area contributed by atoms with Gasteiger partial charge in [-0.25, -0.2) is 4.39 Å². The first-order valence-corrected chi connectivity index (χ1v) is 16.7. The molecule has 0 saturated carbocycles. The molecule has 8 heteroatoms. The van der Waals surface area contributed by atoms with E-state index in [1.165, 1.54) is 55.5 Å². The van der Waals surface area contributed by atoms with E-state index in [-0.39, 0.29) is 5.92 Å². The molecule has 2 aliphatic rings. The topological polar surface area (TPSA) is 18.5 Å². The highest BCUT2D eigenvalue weighted by Crippen LogP contribution is 2.45. The number of rotatable bonds is 7. The highest BCUT2D eigenvalue weighted by molar-refractivity contribution is 6.79. The van der Waals surface area contributed by atoms with Crippen LogP contribution in [0.25, 0.3) is 0 Å². The highest BCUT2D eigenvalue weighted by Gasteiger charge is 2.37. The van der Waals surface area contributed by atoms with Gasteiger partial charge in [-0.05, 0) is 48.4 Å². The van der Waals surface area contributed by atoms with E-state index in [1.807, 2.05) is 0 Å². The minimum Gasteiger partial charge on any atom is -0.403 e. The molecule has 30 heavy (non-hydrogen) atoms. The first-order chi connectivity index (χ1) is 14.2. The number of methoxy groups -OCH3 is 1. The summed E-state index contributed by atoms with van der Waals surface area (Å²) in [7, 11) is -0.0675. The molecule has 170 valence electrons. The molecule has 0 amide bonds. The standard InChI is InChI=1S/C22H34F4O2Si2/c1-27-10-3-13-30(2)14-8-19(9-15-30)29-11-6-17(7-12-29)18-4-5-21(20(23)16-18)28-22(24,25)26/h4-5,16-17,19,29H,3,6-15H2,1-2H3/t17?,19-,29?,30-. The molecule has 3 rings (SSSR count). The van der Waals surface area contributed by atoms with Crippen molar-refractivity contribution in [1.82, 2.24) is 0 Å². The lowest BCUT2D eigenvalue weighted by Gasteiger charge is -2.41. The smallest absolute Gasteiger partial charge is 0.403 e. The second-order valence-electron chi connectivity index (χ2n) is 9.59. The predicted molar refractivity (Wildman–Crippen MR) is 117 cm³/mol. The molecule has 2 heterocycles. The molecular formula is C22H34F4O2Si2. The lowest BCUT2D eigenvalue weighted by atomic mass is 9.93. The van der Waals surface area contributed by atoms with Crippen LogP contribution in [0.1, 0.15) is 43.6 Å². The summed E-state index contributed by atoms with van der Waals surface area (Å²) in [5.74, 6) is -1.40. The molecular weight excluding hydrogens is 428 g/mol. The Bertz CT molecular complexity index is 682. The van der Waals surface area contributed by atoms with Gasteiger partial charge in [0.05, 0.1) is 8.07 Å². The van der Waals surface area contributed by atoms with Crippen LogP contribution in [-0.4, -0.2) is 36.9 Å². The normalized spacial score (nSPS) is 30.3. The number of halogens is 4. The lowest BCUT2D eigenvalue weighted by Crippen LogP contribution is -2.38. The van der Waals surface area contributed by atoms with Gasteiger partial charge >= 0.3 is 6.36 Å². The molecule has 1 aromatic carbocycles. The summed E-state index contributed by atoms with van der Waals surface area (Å²) in [5, 5.41) is 0. The maximum Gasteiger partial charge on any atom is 0.573 e. The maximum absolute atomic E-state index is 14.1. The van der Waals surface area contributed by atoms with Crippen LogP contribution in [0.3, 0.4) is 0 Å². The van der Waals surface area contributed by atoms with Crippen LogP contribution in [0, 0.1) is 5.82 Å². The lowest BCUT2D eigenvalue weighted by molar-refractivity contribution is -0.275. The monoisotopic (exact) mass is 462 g/mol. The SMILES string of the molecule is COCCC[Si@]1(C)CC[C@@H]([SiH]2CCC(c3ccc(OC(F)(F)F)c(F)c3)CC2)CC1. The van der Waals surface area contributed by atoms with Crippen molar-refractivity contribution in [3.05, 3.63) is 29.6 Å². The number of hydrogen-bond donors (Lipinski definition) is 0. The van der Waals surface area contributed by atoms with Gasteiger partial charge in [0.2, 0.25) is 0 Å². The van der Waals surface area contributed by atoms with Crippen LogP contribution in [0.15, 0.2) is 18.2 Å². The van der Waals surface area contributed by atoms with E-state index >= 15 is 0 Å². The Morgan fingerprint density at radius 3 is 2.33 bits per heavy atom. The minimum atomic E-state index is -4.87. The van der Waals surface area contributed by atoms with E-state index in [1.54, 1.807) is 13.2 Å². The van der Waals surface area contributed by atoms with E-state index in [9.17, 15) is 17.6 Å². The van der Waals surface area contributed by atoms with Gasteiger partial charge in [-0.3, -0.25) is 0 Å². The van der Waals surface area contributed by atoms with Gasteiger partial charge in [-0.1, -0.05) is 55.7 Å². The van der Waals surface area contributed by atoms with E-state index in [0.29, 0.717) is 0 Å². The Balaban J connectivity index is 1.48. The van der Waals surface area contributed by atoms with Crippen molar-refractivity contribution >= 4 is 16.9 Å². The molecule has 2 aliphatic heterocycles. The second-order valence-corrected chi connectivity index (χ2v) is 18.3. The first-order valence-electron chi connectivity index (χ1n) is 11.2. The van der Waals surface area contributed by atoms with Gasteiger partial charge in [0.25, 0.3) is 0 Å². The second kappa shape index (κ2) is 10.2.